The molecule has 6 heteroatoms. The largest absolute Gasteiger partial charge is 0.491 e. The van der Waals surface area contributed by atoms with Gasteiger partial charge in [0.25, 0.3) is 0 Å². The Kier molecular flexibility index (Phi) is 9.00. The first-order valence-electron chi connectivity index (χ1n) is 14.1. The summed E-state index contributed by atoms with van der Waals surface area (Å²) in [4.78, 5) is 22.8. The zero-order valence-corrected chi connectivity index (χ0v) is 23.6. The molecule has 0 N–H and O–H groups in total. The number of fused-ring (bicyclic) bond motifs is 3. The van der Waals surface area contributed by atoms with Crippen LogP contribution in [-0.2, 0) is 24.5 Å². The topological polar surface area (TPSA) is 71.1 Å². The van der Waals surface area contributed by atoms with Gasteiger partial charge in [-0.2, -0.15) is 0 Å². The highest BCUT2D eigenvalue weighted by Crippen LogP contribution is 2.59. The third-order valence-corrected chi connectivity index (χ3v) is 7.85. The fraction of sp³-hybridized carbons (Fsp3) is 0.314. The van der Waals surface area contributed by atoms with Gasteiger partial charge in [0.2, 0.25) is 0 Å². The van der Waals surface area contributed by atoms with Crippen LogP contribution in [0.1, 0.15) is 47.9 Å². The normalized spacial score (nSPS) is 20.2. The van der Waals surface area contributed by atoms with Crippen LogP contribution in [0.25, 0.3) is 0 Å². The van der Waals surface area contributed by atoms with Crippen molar-refractivity contribution in [2.75, 3.05) is 33.5 Å². The van der Waals surface area contributed by atoms with Crippen molar-refractivity contribution in [3.05, 3.63) is 119 Å². The lowest BCUT2D eigenvalue weighted by Gasteiger charge is -2.39. The molecule has 2 aliphatic carbocycles. The maximum Gasteiger partial charge on any atom is 0.306 e. The van der Waals surface area contributed by atoms with Gasteiger partial charge in [0.05, 0.1) is 18.4 Å². The van der Waals surface area contributed by atoms with E-state index in [4.69, 9.17) is 18.9 Å². The van der Waals surface area contributed by atoms with Crippen molar-refractivity contribution in [1.82, 2.24) is 0 Å². The second-order valence-electron chi connectivity index (χ2n) is 10.4. The molecule has 3 atom stereocenters. The monoisotopic (exact) mass is 552 g/mol. The lowest BCUT2D eigenvalue weighted by Crippen LogP contribution is -2.35. The summed E-state index contributed by atoms with van der Waals surface area (Å²) in [6.45, 7) is 2.87. The minimum Gasteiger partial charge on any atom is -0.491 e. The molecule has 41 heavy (non-hydrogen) atoms. The van der Waals surface area contributed by atoms with E-state index in [1.807, 2.05) is 24.3 Å². The number of benzene rings is 3. The zero-order chi connectivity index (χ0) is 28.7. The molecule has 0 amide bonds. The summed E-state index contributed by atoms with van der Waals surface area (Å²) in [5, 5.41) is 0. The third kappa shape index (κ3) is 5.98. The molecule has 0 heterocycles. The zero-order valence-electron chi connectivity index (χ0n) is 23.6. The first kappa shape index (κ1) is 28.4. The molecule has 2 aliphatic rings. The number of carbonyl (C=O) groups is 2. The number of ether oxygens (including phenoxy) is 4. The average molecular weight is 553 g/mol. The van der Waals surface area contributed by atoms with E-state index in [1.165, 1.54) is 29.2 Å². The van der Waals surface area contributed by atoms with Gasteiger partial charge < -0.3 is 23.7 Å². The van der Waals surface area contributed by atoms with Gasteiger partial charge in [-0.25, -0.2) is 0 Å². The van der Waals surface area contributed by atoms with E-state index < -0.39 is 5.41 Å². The second-order valence-corrected chi connectivity index (χ2v) is 10.4. The number of allylic oxidation sites excluding steroid dienone is 4. The van der Waals surface area contributed by atoms with E-state index in [-0.39, 0.29) is 49.6 Å². The molecule has 0 aromatic heterocycles. The number of methoxy groups -OCH3 is 1. The van der Waals surface area contributed by atoms with Gasteiger partial charge >= 0.3 is 5.97 Å². The first-order chi connectivity index (χ1) is 20.0. The van der Waals surface area contributed by atoms with Gasteiger partial charge in [0.15, 0.2) is 0 Å². The van der Waals surface area contributed by atoms with Crippen molar-refractivity contribution in [3.8, 4) is 11.5 Å². The molecule has 0 spiro atoms. The van der Waals surface area contributed by atoms with E-state index in [0.29, 0.717) is 19.0 Å². The Bertz CT molecular complexity index is 1410. The summed E-state index contributed by atoms with van der Waals surface area (Å²) in [5.74, 6) is 1.56. The molecule has 0 radical (unpaired) electrons. The van der Waals surface area contributed by atoms with Crippen LogP contribution in [0.2, 0.25) is 0 Å². The Morgan fingerprint density at radius 3 is 1.98 bits per heavy atom. The van der Waals surface area contributed by atoms with Crippen LogP contribution in [0.4, 0.5) is 0 Å². The number of esters is 1. The third-order valence-electron chi connectivity index (χ3n) is 7.85. The van der Waals surface area contributed by atoms with Crippen LogP contribution in [0, 0.1) is 5.92 Å². The lowest BCUT2D eigenvalue weighted by atomic mass is 9.63. The highest BCUT2D eigenvalue weighted by molar-refractivity contribution is 5.80. The molecule has 6 nitrogen and oxygen atoms in total. The predicted octanol–water partition coefficient (Wildman–Crippen LogP) is 6.18. The molecule has 0 aliphatic heterocycles. The molecule has 0 fully saturated rings. The van der Waals surface area contributed by atoms with Crippen molar-refractivity contribution in [3.63, 3.8) is 0 Å². The minimum atomic E-state index is -0.404. The molecule has 3 aromatic rings. The number of carbonyl (C=O) groups excluding carboxylic acids is 2. The number of hydrogen-bond donors (Lipinski definition) is 0. The maximum absolute atomic E-state index is 11.8. The van der Waals surface area contributed by atoms with Gasteiger partial charge in [0, 0.05) is 25.4 Å². The van der Waals surface area contributed by atoms with E-state index in [2.05, 4.69) is 72.8 Å². The summed E-state index contributed by atoms with van der Waals surface area (Å²) >= 11 is 0. The van der Waals surface area contributed by atoms with Crippen LogP contribution in [-0.4, -0.2) is 45.3 Å². The molecule has 0 saturated heterocycles. The number of ketones is 1. The minimum absolute atomic E-state index is 0.0293. The summed E-state index contributed by atoms with van der Waals surface area (Å²) in [6, 6.07) is 25.4. The Balaban J connectivity index is 1.42. The van der Waals surface area contributed by atoms with Crippen molar-refractivity contribution in [2.45, 2.75) is 31.1 Å². The first-order valence-corrected chi connectivity index (χ1v) is 14.1. The molecule has 0 bridgehead atoms. The fourth-order valence-corrected chi connectivity index (χ4v) is 6.04. The molecule has 0 saturated carbocycles. The average Bonchev–Trinajstić information content (AvgIpc) is 3.30. The summed E-state index contributed by atoms with van der Waals surface area (Å²) in [6.07, 6.45) is 9.23. The molecule has 212 valence electrons. The predicted molar refractivity (Wildman–Crippen MR) is 157 cm³/mol. The van der Waals surface area contributed by atoms with Crippen molar-refractivity contribution in [2.24, 2.45) is 5.92 Å². The number of hydrogen-bond acceptors (Lipinski definition) is 6. The Morgan fingerprint density at radius 2 is 1.34 bits per heavy atom. The van der Waals surface area contributed by atoms with Gasteiger partial charge in [-0.3, -0.25) is 4.79 Å². The Morgan fingerprint density at radius 1 is 0.732 bits per heavy atom. The van der Waals surface area contributed by atoms with Crippen LogP contribution in [0.5, 0.6) is 11.5 Å². The second kappa shape index (κ2) is 13.0. The van der Waals surface area contributed by atoms with E-state index in [9.17, 15) is 9.59 Å². The quantitative estimate of drug-likeness (QED) is 0.186. The van der Waals surface area contributed by atoms with Crippen LogP contribution in [0.3, 0.4) is 0 Å². The molecular formula is C35H36O6. The van der Waals surface area contributed by atoms with Crippen LogP contribution < -0.4 is 9.47 Å². The lowest BCUT2D eigenvalue weighted by molar-refractivity contribution is -0.145. The van der Waals surface area contributed by atoms with Gasteiger partial charge in [-0.15, -0.1) is 0 Å². The van der Waals surface area contributed by atoms with Gasteiger partial charge in [-0.1, -0.05) is 72.8 Å². The molecule has 5 rings (SSSR count). The highest BCUT2D eigenvalue weighted by atomic mass is 16.6. The maximum atomic E-state index is 11.8. The molecule has 3 unspecified atom stereocenters. The van der Waals surface area contributed by atoms with Crippen LogP contribution in [0.15, 0.2) is 97.1 Å². The van der Waals surface area contributed by atoms with Crippen molar-refractivity contribution >= 4 is 11.8 Å². The smallest absolute Gasteiger partial charge is 0.306 e. The van der Waals surface area contributed by atoms with Gasteiger partial charge in [0.1, 0.15) is 37.1 Å². The van der Waals surface area contributed by atoms with Gasteiger partial charge in [-0.05, 0) is 53.4 Å². The summed E-state index contributed by atoms with van der Waals surface area (Å²) < 4.78 is 22.1. The molecule has 3 aromatic carbocycles. The Hall–Kier alpha value is -4.16. The molecular weight excluding hydrogens is 516 g/mol. The van der Waals surface area contributed by atoms with E-state index in [0.717, 1.165) is 5.75 Å². The Labute approximate surface area is 241 Å². The van der Waals surface area contributed by atoms with E-state index >= 15 is 0 Å². The van der Waals surface area contributed by atoms with E-state index in [1.54, 1.807) is 7.11 Å². The number of rotatable bonds is 13. The summed E-state index contributed by atoms with van der Waals surface area (Å²) in [7, 11) is 1.67. The standard InChI is InChI=1S/C35H36O6/c1-25(36)11-20-34(37)41-24-23-40-29-18-14-27(15-19-29)35(26-12-16-28(17-13-26)39-22-21-38-2)32-9-5-3-7-30(32)31-8-4-6-10-33(31)35/h3-10,12-19,30,32H,11,20-24H2,1-2H3. The van der Waals surface area contributed by atoms with Crippen LogP contribution >= 0.6 is 0 Å². The van der Waals surface area contributed by atoms with Crippen molar-refractivity contribution < 1.29 is 28.5 Å². The summed E-state index contributed by atoms with van der Waals surface area (Å²) in [5.41, 5.74) is 4.60. The fourth-order valence-electron chi connectivity index (χ4n) is 6.04. The highest BCUT2D eigenvalue weighted by Gasteiger charge is 2.52. The number of Topliss-reactive ketones (excluding diaryl/α,β-unsaturated/α-hetero) is 1. The SMILES string of the molecule is COCCOc1ccc(C2(c3ccc(OCCOC(=O)CCC(C)=O)cc3)c3ccccc3C3C=CC=CC32)cc1. The van der Waals surface area contributed by atoms with Crippen molar-refractivity contribution in [1.29, 1.82) is 0 Å².